The van der Waals surface area contributed by atoms with E-state index in [0.29, 0.717) is 35.4 Å². The summed E-state index contributed by atoms with van der Waals surface area (Å²) in [5.41, 5.74) is 2.01. The Hall–Kier alpha value is -2.63. The first-order chi connectivity index (χ1) is 10.9. The van der Waals surface area contributed by atoms with E-state index in [9.17, 15) is 14.7 Å². The number of benzene rings is 1. The van der Waals surface area contributed by atoms with Crippen molar-refractivity contribution < 1.29 is 14.7 Å². The molecule has 2 N–H and O–H groups in total. The Labute approximate surface area is 134 Å². The van der Waals surface area contributed by atoms with Crippen molar-refractivity contribution in [1.29, 1.82) is 0 Å². The van der Waals surface area contributed by atoms with Gasteiger partial charge in [0.05, 0.1) is 11.3 Å². The maximum atomic E-state index is 12.7. The SMILES string of the molecule is Cc1nn(C)c(C)c1C(=O)NC1(C(=O)O)CCc2ccccc21. The third kappa shape index (κ3) is 2.21. The van der Waals surface area contributed by atoms with Gasteiger partial charge in [-0.15, -0.1) is 0 Å². The number of aromatic nitrogens is 2. The third-order valence-electron chi connectivity index (χ3n) is 4.67. The zero-order valence-electron chi connectivity index (χ0n) is 13.4. The van der Waals surface area contributed by atoms with Gasteiger partial charge in [-0.25, -0.2) is 4.79 Å². The van der Waals surface area contributed by atoms with Crippen LogP contribution in [0.2, 0.25) is 0 Å². The van der Waals surface area contributed by atoms with Gasteiger partial charge in [-0.1, -0.05) is 24.3 Å². The number of aryl methyl sites for hydroxylation is 3. The van der Waals surface area contributed by atoms with Gasteiger partial charge in [-0.05, 0) is 37.8 Å². The van der Waals surface area contributed by atoms with Gasteiger partial charge in [0.25, 0.3) is 5.91 Å². The summed E-state index contributed by atoms with van der Waals surface area (Å²) in [6.07, 6.45) is 0.986. The molecule has 23 heavy (non-hydrogen) atoms. The molecule has 0 radical (unpaired) electrons. The second kappa shape index (κ2) is 5.22. The number of carbonyl (C=O) groups is 2. The lowest BCUT2D eigenvalue weighted by Crippen LogP contribution is -2.50. The molecule has 1 aliphatic carbocycles. The number of carboxylic acid groups (broad SMARTS) is 1. The zero-order valence-corrected chi connectivity index (χ0v) is 13.4. The largest absolute Gasteiger partial charge is 0.479 e. The molecule has 1 atom stereocenters. The highest BCUT2D eigenvalue weighted by atomic mass is 16.4. The zero-order chi connectivity index (χ0) is 16.8. The molecule has 0 bridgehead atoms. The van der Waals surface area contributed by atoms with Crippen LogP contribution in [0.4, 0.5) is 0 Å². The first-order valence-electron chi connectivity index (χ1n) is 7.51. The fraction of sp³-hybridized carbons (Fsp3) is 0.353. The van der Waals surface area contributed by atoms with Crippen molar-refractivity contribution >= 4 is 11.9 Å². The monoisotopic (exact) mass is 313 g/mol. The lowest BCUT2D eigenvalue weighted by atomic mass is 9.91. The van der Waals surface area contributed by atoms with Crippen LogP contribution in [-0.4, -0.2) is 26.8 Å². The predicted molar refractivity (Wildman–Crippen MR) is 84.2 cm³/mol. The van der Waals surface area contributed by atoms with E-state index >= 15 is 0 Å². The Kier molecular flexibility index (Phi) is 3.47. The molecule has 0 aliphatic heterocycles. The number of fused-ring (bicyclic) bond motifs is 1. The average molecular weight is 313 g/mol. The van der Waals surface area contributed by atoms with Crippen LogP contribution in [0.15, 0.2) is 24.3 Å². The number of rotatable bonds is 3. The molecule has 1 aromatic carbocycles. The van der Waals surface area contributed by atoms with Crippen LogP contribution in [-0.2, 0) is 23.8 Å². The van der Waals surface area contributed by atoms with Crippen molar-refractivity contribution in [2.24, 2.45) is 7.05 Å². The van der Waals surface area contributed by atoms with E-state index in [2.05, 4.69) is 10.4 Å². The summed E-state index contributed by atoms with van der Waals surface area (Å²) in [5, 5.41) is 16.8. The number of aliphatic carboxylic acids is 1. The second-order valence-corrected chi connectivity index (χ2v) is 5.99. The Morgan fingerprint density at radius 3 is 2.61 bits per heavy atom. The smallest absolute Gasteiger partial charge is 0.334 e. The predicted octanol–water partition coefficient (Wildman–Crippen LogP) is 1.69. The number of carboxylic acids is 1. The molecule has 1 heterocycles. The standard InChI is InChI=1S/C17H19N3O3/c1-10-14(11(2)20(3)19-10)15(21)18-17(16(22)23)9-8-12-6-4-5-7-13(12)17/h4-7H,8-9H2,1-3H3,(H,18,21)(H,22,23). The van der Waals surface area contributed by atoms with Gasteiger partial charge in [0, 0.05) is 12.7 Å². The van der Waals surface area contributed by atoms with Gasteiger partial charge in [-0.2, -0.15) is 5.10 Å². The number of nitrogens with one attached hydrogen (secondary N) is 1. The van der Waals surface area contributed by atoms with Gasteiger partial charge in [0.2, 0.25) is 0 Å². The molecule has 1 amide bonds. The highest BCUT2D eigenvalue weighted by Gasteiger charge is 2.47. The molecule has 3 rings (SSSR count). The van der Waals surface area contributed by atoms with E-state index in [0.717, 1.165) is 5.56 Å². The second-order valence-electron chi connectivity index (χ2n) is 5.99. The topological polar surface area (TPSA) is 84.2 Å². The van der Waals surface area contributed by atoms with Gasteiger partial charge >= 0.3 is 5.97 Å². The van der Waals surface area contributed by atoms with E-state index in [-0.39, 0.29) is 0 Å². The molecule has 2 aromatic rings. The summed E-state index contributed by atoms with van der Waals surface area (Å²) < 4.78 is 1.63. The van der Waals surface area contributed by atoms with Crippen molar-refractivity contribution in [3.63, 3.8) is 0 Å². The highest BCUT2D eigenvalue weighted by molar-refractivity contribution is 6.00. The molecule has 1 unspecified atom stereocenters. The van der Waals surface area contributed by atoms with E-state index in [1.807, 2.05) is 12.1 Å². The van der Waals surface area contributed by atoms with Crippen molar-refractivity contribution in [2.75, 3.05) is 0 Å². The van der Waals surface area contributed by atoms with Crippen LogP contribution in [0.25, 0.3) is 0 Å². The lowest BCUT2D eigenvalue weighted by Gasteiger charge is -2.27. The number of hydrogen-bond donors (Lipinski definition) is 2. The van der Waals surface area contributed by atoms with E-state index < -0.39 is 17.4 Å². The number of nitrogens with zero attached hydrogens (tertiary/aromatic N) is 2. The fourth-order valence-electron chi connectivity index (χ4n) is 3.38. The summed E-state index contributed by atoms with van der Waals surface area (Å²) in [6, 6.07) is 7.37. The number of hydrogen-bond acceptors (Lipinski definition) is 3. The van der Waals surface area contributed by atoms with E-state index in [1.54, 1.807) is 37.7 Å². The normalized spacial score (nSPS) is 19.4. The molecule has 0 saturated carbocycles. The van der Waals surface area contributed by atoms with Crippen molar-refractivity contribution in [3.8, 4) is 0 Å². The summed E-state index contributed by atoms with van der Waals surface area (Å²) in [4.78, 5) is 24.7. The first kappa shape index (κ1) is 15.3. The Balaban J connectivity index is 2.03. The molecule has 6 heteroatoms. The maximum absolute atomic E-state index is 12.7. The van der Waals surface area contributed by atoms with Crippen molar-refractivity contribution in [2.45, 2.75) is 32.2 Å². The molecule has 0 saturated heterocycles. The number of carbonyl (C=O) groups excluding carboxylic acids is 1. The lowest BCUT2D eigenvalue weighted by molar-refractivity contribution is -0.144. The van der Waals surface area contributed by atoms with Crippen LogP contribution >= 0.6 is 0 Å². The first-order valence-corrected chi connectivity index (χ1v) is 7.51. The van der Waals surface area contributed by atoms with E-state index in [1.165, 1.54) is 0 Å². The maximum Gasteiger partial charge on any atom is 0.334 e. The average Bonchev–Trinajstić information content (AvgIpc) is 2.99. The highest BCUT2D eigenvalue weighted by Crippen LogP contribution is 2.37. The molecular formula is C17H19N3O3. The van der Waals surface area contributed by atoms with Gasteiger partial charge in [0.1, 0.15) is 0 Å². The minimum atomic E-state index is -1.37. The van der Waals surface area contributed by atoms with Crippen LogP contribution < -0.4 is 5.32 Å². The Morgan fingerprint density at radius 2 is 2.00 bits per heavy atom. The molecule has 1 aromatic heterocycles. The van der Waals surface area contributed by atoms with Crippen LogP contribution in [0.3, 0.4) is 0 Å². The molecule has 1 aliphatic rings. The summed E-state index contributed by atoms with van der Waals surface area (Å²) in [6.45, 7) is 3.54. The van der Waals surface area contributed by atoms with Gasteiger partial charge in [-0.3, -0.25) is 9.48 Å². The fourth-order valence-corrected chi connectivity index (χ4v) is 3.38. The summed E-state index contributed by atoms with van der Waals surface area (Å²) in [5.74, 6) is -1.43. The van der Waals surface area contributed by atoms with Crippen LogP contribution in [0.5, 0.6) is 0 Å². The van der Waals surface area contributed by atoms with Crippen molar-refractivity contribution in [1.82, 2.24) is 15.1 Å². The Morgan fingerprint density at radius 1 is 1.30 bits per heavy atom. The molecule has 120 valence electrons. The van der Waals surface area contributed by atoms with Crippen molar-refractivity contribution in [3.05, 3.63) is 52.3 Å². The van der Waals surface area contributed by atoms with Crippen LogP contribution in [0.1, 0.15) is 39.3 Å². The van der Waals surface area contributed by atoms with E-state index in [4.69, 9.17) is 0 Å². The molecular weight excluding hydrogens is 294 g/mol. The molecule has 0 spiro atoms. The van der Waals surface area contributed by atoms with Gasteiger partial charge in [0.15, 0.2) is 5.54 Å². The van der Waals surface area contributed by atoms with Crippen LogP contribution in [0, 0.1) is 13.8 Å². The summed E-state index contributed by atoms with van der Waals surface area (Å²) >= 11 is 0. The minimum Gasteiger partial charge on any atom is -0.479 e. The number of amides is 1. The van der Waals surface area contributed by atoms with Gasteiger partial charge < -0.3 is 10.4 Å². The minimum absolute atomic E-state index is 0.353. The Bertz CT molecular complexity index is 809. The quantitative estimate of drug-likeness (QED) is 0.903. The third-order valence-corrected chi connectivity index (χ3v) is 4.67. The molecule has 6 nitrogen and oxygen atoms in total. The molecule has 0 fully saturated rings. The summed E-state index contributed by atoms with van der Waals surface area (Å²) in [7, 11) is 1.76.